The van der Waals surface area contributed by atoms with E-state index in [1.165, 1.54) is 5.56 Å². The molecule has 1 atom stereocenters. The quantitative estimate of drug-likeness (QED) is 0.409. The highest BCUT2D eigenvalue weighted by Crippen LogP contribution is 2.40. The molecule has 1 amide bonds. The van der Waals surface area contributed by atoms with E-state index in [4.69, 9.17) is 11.6 Å². The molecule has 31 heavy (non-hydrogen) atoms. The topological polar surface area (TPSA) is 66.7 Å². The summed E-state index contributed by atoms with van der Waals surface area (Å²) in [7, 11) is 4.08. The first kappa shape index (κ1) is 21.3. The number of nitrogens with zero attached hydrogens (tertiary/aromatic N) is 3. The van der Waals surface area contributed by atoms with Gasteiger partial charge >= 0.3 is 0 Å². The highest BCUT2D eigenvalue weighted by Gasteiger charge is 2.30. The number of hydrogen-bond acceptors (Lipinski definition) is 4. The standard InChI is InChI=1S/C24H25ClN4O2/c1-28(2)15-16-6-8-17(9-7-16)23-21(18-4-3-5-19(12-18)27-31)13-22-24(30)26-14-20(10-11-25)29(22)23/h3-9,12-13,20H,10-11,14-15H2,1-2H3,(H,26,30). The fourth-order valence-corrected chi connectivity index (χ4v) is 4.46. The molecule has 0 spiro atoms. The van der Waals surface area contributed by atoms with Crippen LogP contribution in [0, 0.1) is 4.91 Å². The van der Waals surface area contributed by atoms with Crippen molar-refractivity contribution in [2.75, 3.05) is 26.5 Å². The number of nitroso groups, excluding NO2 is 1. The normalized spacial score (nSPS) is 15.6. The molecule has 7 heteroatoms. The summed E-state index contributed by atoms with van der Waals surface area (Å²) in [6.07, 6.45) is 0.741. The van der Waals surface area contributed by atoms with Crippen molar-refractivity contribution >= 4 is 23.2 Å². The Morgan fingerprint density at radius 2 is 1.90 bits per heavy atom. The lowest BCUT2D eigenvalue weighted by Crippen LogP contribution is -2.39. The van der Waals surface area contributed by atoms with Gasteiger partial charge in [-0.05, 0) is 60.6 Å². The number of carbonyl (C=O) groups excluding carboxylic acids is 1. The Morgan fingerprint density at radius 3 is 2.58 bits per heavy atom. The maximum Gasteiger partial charge on any atom is 0.268 e. The molecule has 0 radical (unpaired) electrons. The summed E-state index contributed by atoms with van der Waals surface area (Å²) in [5.74, 6) is 0.395. The molecule has 1 aliphatic heterocycles. The number of nitrogens with one attached hydrogen (secondary N) is 1. The highest BCUT2D eigenvalue weighted by molar-refractivity contribution is 6.17. The van der Waals surface area contributed by atoms with Gasteiger partial charge in [-0.3, -0.25) is 4.79 Å². The fraction of sp³-hybridized carbons (Fsp3) is 0.292. The van der Waals surface area contributed by atoms with E-state index in [0.717, 1.165) is 35.3 Å². The third-order valence-electron chi connectivity index (χ3n) is 5.56. The molecule has 0 saturated heterocycles. The Labute approximate surface area is 186 Å². The van der Waals surface area contributed by atoms with Gasteiger partial charge in [0.15, 0.2) is 0 Å². The van der Waals surface area contributed by atoms with Gasteiger partial charge in [0.2, 0.25) is 0 Å². The maximum atomic E-state index is 12.7. The summed E-state index contributed by atoms with van der Waals surface area (Å²) in [5, 5.41) is 6.06. The van der Waals surface area contributed by atoms with Gasteiger partial charge in [0.25, 0.3) is 5.91 Å². The van der Waals surface area contributed by atoms with Crippen molar-refractivity contribution in [3.63, 3.8) is 0 Å². The Bertz CT molecular complexity index is 1110. The summed E-state index contributed by atoms with van der Waals surface area (Å²) in [4.78, 5) is 26.0. The van der Waals surface area contributed by atoms with Gasteiger partial charge < -0.3 is 14.8 Å². The molecule has 2 heterocycles. The summed E-state index contributed by atoms with van der Waals surface area (Å²) >= 11 is 6.09. The molecular formula is C24H25ClN4O2. The van der Waals surface area contributed by atoms with Crippen molar-refractivity contribution in [3.8, 4) is 22.4 Å². The average Bonchev–Trinajstić information content (AvgIpc) is 3.18. The smallest absolute Gasteiger partial charge is 0.268 e. The second-order valence-corrected chi connectivity index (χ2v) is 8.46. The molecule has 4 rings (SSSR count). The molecule has 6 nitrogen and oxygen atoms in total. The fourth-order valence-electron chi connectivity index (χ4n) is 4.21. The SMILES string of the molecule is CN(C)Cc1ccc(-c2c(-c3cccc(N=O)c3)cc3n2C(CCCl)CNC3=O)cc1. The molecule has 0 fully saturated rings. The van der Waals surface area contributed by atoms with E-state index >= 15 is 0 Å². The molecule has 1 unspecified atom stereocenters. The lowest BCUT2D eigenvalue weighted by molar-refractivity contribution is 0.0915. The molecule has 0 aliphatic carbocycles. The van der Waals surface area contributed by atoms with E-state index in [2.05, 4.69) is 44.2 Å². The molecule has 1 N–H and O–H groups in total. The minimum absolute atomic E-state index is 0.0581. The predicted molar refractivity (Wildman–Crippen MR) is 125 cm³/mol. The average molecular weight is 437 g/mol. The number of alkyl halides is 1. The van der Waals surface area contributed by atoms with Crippen LogP contribution in [0.15, 0.2) is 59.8 Å². The number of hydrogen-bond donors (Lipinski definition) is 1. The van der Waals surface area contributed by atoms with E-state index in [1.807, 2.05) is 32.3 Å². The largest absolute Gasteiger partial charge is 0.349 e. The van der Waals surface area contributed by atoms with Gasteiger partial charge in [0.1, 0.15) is 11.4 Å². The van der Waals surface area contributed by atoms with Gasteiger partial charge in [-0.15, -0.1) is 16.5 Å². The van der Waals surface area contributed by atoms with E-state index < -0.39 is 0 Å². The van der Waals surface area contributed by atoms with Gasteiger partial charge in [0, 0.05) is 24.5 Å². The Hall–Kier alpha value is -2.96. The van der Waals surface area contributed by atoms with Crippen LogP contribution in [0.1, 0.15) is 28.5 Å². The van der Waals surface area contributed by atoms with Crippen LogP contribution in [0.5, 0.6) is 0 Å². The Morgan fingerprint density at radius 1 is 1.13 bits per heavy atom. The molecule has 2 aromatic carbocycles. The predicted octanol–water partition coefficient (Wildman–Crippen LogP) is 5.20. The minimum Gasteiger partial charge on any atom is -0.349 e. The zero-order valence-electron chi connectivity index (χ0n) is 17.6. The number of aromatic nitrogens is 1. The first-order valence-electron chi connectivity index (χ1n) is 10.3. The molecule has 1 aromatic heterocycles. The highest BCUT2D eigenvalue weighted by atomic mass is 35.5. The van der Waals surface area contributed by atoms with E-state index in [9.17, 15) is 9.70 Å². The number of benzene rings is 2. The first-order valence-corrected chi connectivity index (χ1v) is 10.8. The van der Waals surface area contributed by atoms with Gasteiger partial charge in [-0.2, -0.15) is 0 Å². The van der Waals surface area contributed by atoms with Crippen LogP contribution in [0.3, 0.4) is 0 Å². The molecular weight excluding hydrogens is 412 g/mol. The lowest BCUT2D eigenvalue weighted by Gasteiger charge is -2.28. The van der Waals surface area contributed by atoms with E-state index in [-0.39, 0.29) is 11.9 Å². The van der Waals surface area contributed by atoms with Crippen LogP contribution in [0.25, 0.3) is 22.4 Å². The molecule has 0 saturated carbocycles. The second kappa shape index (κ2) is 9.04. The first-order chi connectivity index (χ1) is 15.0. The van der Waals surface area contributed by atoms with Gasteiger partial charge in [-0.1, -0.05) is 36.4 Å². The molecule has 160 valence electrons. The van der Waals surface area contributed by atoms with Crippen LogP contribution in [-0.2, 0) is 6.54 Å². The summed E-state index contributed by atoms with van der Waals surface area (Å²) < 4.78 is 2.11. The van der Waals surface area contributed by atoms with Crippen LogP contribution >= 0.6 is 11.6 Å². The summed E-state index contributed by atoms with van der Waals surface area (Å²) in [6.45, 7) is 1.39. The van der Waals surface area contributed by atoms with E-state index in [1.54, 1.807) is 12.1 Å². The maximum absolute atomic E-state index is 12.7. The van der Waals surface area contributed by atoms with Crippen molar-refractivity contribution in [2.45, 2.75) is 19.0 Å². The Kier molecular flexibility index (Phi) is 6.20. The van der Waals surface area contributed by atoms with Gasteiger partial charge in [-0.25, -0.2) is 0 Å². The lowest BCUT2D eigenvalue weighted by atomic mass is 9.99. The molecule has 1 aliphatic rings. The third-order valence-corrected chi connectivity index (χ3v) is 5.78. The van der Waals surface area contributed by atoms with Crippen LogP contribution in [-0.4, -0.2) is 41.9 Å². The summed E-state index contributed by atoms with van der Waals surface area (Å²) in [6, 6.07) is 17.6. The van der Waals surface area contributed by atoms with Crippen LogP contribution < -0.4 is 5.32 Å². The monoisotopic (exact) mass is 436 g/mol. The zero-order chi connectivity index (χ0) is 22.0. The molecule has 3 aromatic rings. The van der Waals surface area contributed by atoms with Crippen LogP contribution in [0.4, 0.5) is 5.69 Å². The van der Waals surface area contributed by atoms with E-state index in [0.29, 0.717) is 23.8 Å². The molecule has 0 bridgehead atoms. The summed E-state index contributed by atoms with van der Waals surface area (Å²) in [5.41, 5.74) is 5.90. The van der Waals surface area contributed by atoms with Crippen molar-refractivity contribution in [3.05, 3.63) is 70.8 Å². The number of fused-ring (bicyclic) bond motifs is 1. The number of amides is 1. The minimum atomic E-state index is -0.104. The number of carbonyl (C=O) groups is 1. The van der Waals surface area contributed by atoms with Crippen molar-refractivity contribution in [2.24, 2.45) is 5.18 Å². The second-order valence-electron chi connectivity index (χ2n) is 8.08. The van der Waals surface area contributed by atoms with Crippen molar-refractivity contribution < 1.29 is 4.79 Å². The Balaban J connectivity index is 1.92. The number of halogens is 1. The zero-order valence-corrected chi connectivity index (χ0v) is 18.4. The van der Waals surface area contributed by atoms with Crippen LogP contribution in [0.2, 0.25) is 0 Å². The van der Waals surface area contributed by atoms with Gasteiger partial charge in [0.05, 0.1) is 11.7 Å². The number of rotatable bonds is 7. The van der Waals surface area contributed by atoms with Crippen molar-refractivity contribution in [1.29, 1.82) is 0 Å². The van der Waals surface area contributed by atoms with Crippen molar-refractivity contribution in [1.82, 2.24) is 14.8 Å². The third kappa shape index (κ3) is 4.27.